The zero-order valence-electron chi connectivity index (χ0n) is 11.8. The van der Waals surface area contributed by atoms with Gasteiger partial charge in [0.2, 0.25) is 0 Å². The number of aromatic nitrogens is 1. The molecule has 2 unspecified atom stereocenters. The number of aliphatic hydroxyl groups excluding tert-OH is 1. The molecule has 3 nitrogen and oxygen atoms in total. The van der Waals surface area contributed by atoms with Crippen LogP contribution in [0.4, 0.5) is 0 Å². The highest BCUT2D eigenvalue weighted by molar-refractivity contribution is 5.78. The van der Waals surface area contributed by atoms with Crippen LogP contribution in [-0.2, 0) is 6.54 Å². The van der Waals surface area contributed by atoms with Crippen molar-refractivity contribution in [1.82, 2.24) is 10.3 Å². The first kappa shape index (κ1) is 13.5. The Morgan fingerprint density at radius 3 is 2.85 bits per heavy atom. The van der Waals surface area contributed by atoms with E-state index in [9.17, 15) is 5.11 Å². The monoisotopic (exact) mass is 270 g/mol. The Bertz CT molecular complexity index is 570. The molecule has 1 aliphatic rings. The molecule has 0 amide bonds. The highest BCUT2D eigenvalue weighted by atomic mass is 16.3. The standard InChI is InChI=1S/C17H22N2O/c20-17-8-4-2-6-14(17)11-18-12-15-10-9-13-5-1-3-7-16(13)19-15/h1,3,5,7,9-10,14,17-18,20H,2,4,6,8,11-12H2. The second-order valence-corrected chi connectivity index (χ2v) is 5.74. The summed E-state index contributed by atoms with van der Waals surface area (Å²) >= 11 is 0. The zero-order chi connectivity index (χ0) is 13.8. The van der Waals surface area contributed by atoms with E-state index in [1.807, 2.05) is 18.2 Å². The van der Waals surface area contributed by atoms with Crippen LogP contribution >= 0.6 is 0 Å². The van der Waals surface area contributed by atoms with E-state index in [0.29, 0.717) is 5.92 Å². The van der Waals surface area contributed by atoms with Crippen LogP contribution in [0.3, 0.4) is 0 Å². The lowest BCUT2D eigenvalue weighted by Gasteiger charge is -2.27. The minimum atomic E-state index is -0.124. The van der Waals surface area contributed by atoms with E-state index in [2.05, 4.69) is 28.5 Å². The van der Waals surface area contributed by atoms with Crippen molar-refractivity contribution in [1.29, 1.82) is 0 Å². The molecule has 1 heterocycles. The van der Waals surface area contributed by atoms with Crippen molar-refractivity contribution < 1.29 is 5.11 Å². The molecule has 1 aromatic carbocycles. The second kappa shape index (κ2) is 6.33. The summed E-state index contributed by atoms with van der Waals surface area (Å²) in [7, 11) is 0. The fraction of sp³-hybridized carbons (Fsp3) is 0.471. The lowest BCUT2D eigenvalue weighted by Crippen LogP contribution is -2.33. The lowest BCUT2D eigenvalue weighted by molar-refractivity contribution is 0.0694. The van der Waals surface area contributed by atoms with Crippen LogP contribution in [0.25, 0.3) is 10.9 Å². The van der Waals surface area contributed by atoms with Crippen LogP contribution in [-0.4, -0.2) is 22.7 Å². The quantitative estimate of drug-likeness (QED) is 0.898. The maximum Gasteiger partial charge on any atom is 0.0705 e. The summed E-state index contributed by atoms with van der Waals surface area (Å²) < 4.78 is 0. The van der Waals surface area contributed by atoms with Crippen molar-refractivity contribution in [3.63, 3.8) is 0 Å². The van der Waals surface area contributed by atoms with E-state index in [-0.39, 0.29) is 6.10 Å². The van der Waals surface area contributed by atoms with E-state index in [0.717, 1.165) is 37.1 Å². The molecule has 1 saturated carbocycles. The van der Waals surface area contributed by atoms with Crippen molar-refractivity contribution in [3.8, 4) is 0 Å². The van der Waals surface area contributed by atoms with E-state index in [4.69, 9.17) is 0 Å². The molecular weight excluding hydrogens is 248 g/mol. The Morgan fingerprint density at radius 1 is 1.10 bits per heavy atom. The number of rotatable bonds is 4. The lowest BCUT2D eigenvalue weighted by atomic mass is 9.86. The van der Waals surface area contributed by atoms with Crippen molar-refractivity contribution >= 4 is 10.9 Å². The third-order valence-corrected chi connectivity index (χ3v) is 4.24. The summed E-state index contributed by atoms with van der Waals surface area (Å²) in [5, 5.41) is 14.6. The number of nitrogens with one attached hydrogen (secondary N) is 1. The summed E-state index contributed by atoms with van der Waals surface area (Å²) in [4.78, 5) is 4.65. The fourth-order valence-corrected chi connectivity index (χ4v) is 3.02. The number of pyridine rings is 1. The number of hydrogen-bond donors (Lipinski definition) is 2. The molecular formula is C17H22N2O. The molecule has 2 aromatic rings. The largest absolute Gasteiger partial charge is 0.393 e. The molecule has 3 heteroatoms. The highest BCUT2D eigenvalue weighted by Crippen LogP contribution is 2.23. The second-order valence-electron chi connectivity index (χ2n) is 5.74. The molecule has 106 valence electrons. The minimum absolute atomic E-state index is 0.124. The molecule has 0 bridgehead atoms. The van der Waals surface area contributed by atoms with Crippen LogP contribution in [0.2, 0.25) is 0 Å². The van der Waals surface area contributed by atoms with Gasteiger partial charge in [-0.15, -0.1) is 0 Å². The fourth-order valence-electron chi connectivity index (χ4n) is 3.02. The van der Waals surface area contributed by atoms with Gasteiger partial charge in [-0.3, -0.25) is 4.98 Å². The molecule has 0 saturated heterocycles. The first-order chi connectivity index (χ1) is 9.83. The van der Waals surface area contributed by atoms with Crippen LogP contribution in [0.5, 0.6) is 0 Å². The van der Waals surface area contributed by atoms with Gasteiger partial charge in [0.1, 0.15) is 0 Å². The van der Waals surface area contributed by atoms with Crippen LogP contribution in [0.15, 0.2) is 36.4 Å². The van der Waals surface area contributed by atoms with Crippen molar-refractivity contribution in [3.05, 3.63) is 42.1 Å². The number of para-hydroxylation sites is 1. The van der Waals surface area contributed by atoms with Gasteiger partial charge in [-0.25, -0.2) is 0 Å². The Kier molecular flexibility index (Phi) is 4.28. The topological polar surface area (TPSA) is 45.1 Å². The number of fused-ring (bicyclic) bond motifs is 1. The van der Waals surface area contributed by atoms with Gasteiger partial charge in [0.25, 0.3) is 0 Å². The van der Waals surface area contributed by atoms with E-state index >= 15 is 0 Å². The molecule has 1 aliphatic carbocycles. The van der Waals surface area contributed by atoms with Crippen LogP contribution < -0.4 is 5.32 Å². The number of benzene rings is 1. The Morgan fingerprint density at radius 2 is 1.95 bits per heavy atom. The average molecular weight is 270 g/mol. The van der Waals surface area contributed by atoms with Gasteiger partial charge in [0.15, 0.2) is 0 Å². The number of aliphatic hydroxyl groups is 1. The van der Waals surface area contributed by atoms with Gasteiger partial charge in [-0.1, -0.05) is 37.1 Å². The smallest absolute Gasteiger partial charge is 0.0705 e. The molecule has 1 aromatic heterocycles. The molecule has 0 radical (unpaired) electrons. The molecule has 1 fully saturated rings. The maximum absolute atomic E-state index is 9.95. The minimum Gasteiger partial charge on any atom is -0.393 e. The predicted molar refractivity (Wildman–Crippen MR) is 81.4 cm³/mol. The summed E-state index contributed by atoms with van der Waals surface area (Å²) in [5.74, 6) is 0.407. The van der Waals surface area contributed by atoms with Crippen LogP contribution in [0, 0.1) is 5.92 Å². The van der Waals surface area contributed by atoms with Gasteiger partial charge < -0.3 is 10.4 Å². The van der Waals surface area contributed by atoms with Gasteiger partial charge in [-0.05, 0) is 30.9 Å². The third kappa shape index (κ3) is 3.17. The Balaban J connectivity index is 1.56. The van der Waals surface area contributed by atoms with Crippen molar-refractivity contribution in [2.45, 2.75) is 38.3 Å². The number of hydrogen-bond acceptors (Lipinski definition) is 3. The van der Waals surface area contributed by atoms with Gasteiger partial charge >= 0.3 is 0 Å². The normalized spacial score (nSPS) is 23.1. The third-order valence-electron chi connectivity index (χ3n) is 4.24. The van der Waals surface area contributed by atoms with E-state index in [1.165, 1.54) is 18.2 Å². The average Bonchev–Trinajstić information content (AvgIpc) is 2.49. The van der Waals surface area contributed by atoms with E-state index in [1.54, 1.807) is 0 Å². The van der Waals surface area contributed by atoms with Crippen molar-refractivity contribution in [2.75, 3.05) is 6.54 Å². The summed E-state index contributed by atoms with van der Waals surface area (Å²) in [5.41, 5.74) is 2.11. The molecule has 0 aliphatic heterocycles. The van der Waals surface area contributed by atoms with Gasteiger partial charge in [0.05, 0.1) is 17.3 Å². The molecule has 2 atom stereocenters. The molecule has 2 N–H and O–H groups in total. The molecule has 3 rings (SSSR count). The Hall–Kier alpha value is -1.45. The zero-order valence-corrected chi connectivity index (χ0v) is 11.8. The van der Waals surface area contributed by atoms with Crippen LogP contribution in [0.1, 0.15) is 31.4 Å². The van der Waals surface area contributed by atoms with Crippen molar-refractivity contribution in [2.24, 2.45) is 5.92 Å². The maximum atomic E-state index is 9.95. The molecule has 0 spiro atoms. The first-order valence-corrected chi connectivity index (χ1v) is 7.56. The predicted octanol–water partition coefficient (Wildman–Crippen LogP) is 2.88. The highest BCUT2D eigenvalue weighted by Gasteiger charge is 2.22. The SMILES string of the molecule is OC1CCCCC1CNCc1ccc2ccccc2n1. The van der Waals surface area contributed by atoms with E-state index < -0.39 is 0 Å². The summed E-state index contributed by atoms with van der Waals surface area (Å²) in [6.45, 7) is 1.66. The summed E-state index contributed by atoms with van der Waals surface area (Å²) in [6.07, 6.45) is 4.39. The summed E-state index contributed by atoms with van der Waals surface area (Å²) in [6, 6.07) is 12.4. The Labute approximate surface area is 120 Å². The molecule has 20 heavy (non-hydrogen) atoms. The number of nitrogens with zero attached hydrogens (tertiary/aromatic N) is 1. The van der Waals surface area contributed by atoms with Gasteiger partial charge in [-0.2, -0.15) is 0 Å². The first-order valence-electron chi connectivity index (χ1n) is 7.56. The van der Waals surface area contributed by atoms with Gasteiger partial charge in [0, 0.05) is 18.5 Å².